The van der Waals surface area contributed by atoms with Crippen LogP contribution < -0.4 is 0 Å². The van der Waals surface area contributed by atoms with Gasteiger partial charge in [0.2, 0.25) is 6.54 Å². The largest absolute Gasteiger partial charge is 0.303 e. The van der Waals surface area contributed by atoms with E-state index in [2.05, 4.69) is 5.10 Å². The minimum absolute atomic E-state index is 0.0466. The number of rotatable bonds is 5. The molecule has 13 heavy (non-hydrogen) atoms. The fourth-order valence-electron chi connectivity index (χ4n) is 0.821. The second-order valence-corrected chi connectivity index (χ2v) is 3.53. The van der Waals surface area contributed by atoms with Gasteiger partial charge >= 0.3 is 0 Å². The summed E-state index contributed by atoms with van der Waals surface area (Å²) in [5.41, 5.74) is 0. The van der Waals surface area contributed by atoms with E-state index in [0.717, 1.165) is 0 Å². The molecular weight excluding hydrogens is 170 g/mol. The normalized spacial score (nSPS) is 13.6. The summed E-state index contributed by atoms with van der Waals surface area (Å²) in [6, 6.07) is 0. The molecule has 0 fully saturated rings. The van der Waals surface area contributed by atoms with Gasteiger partial charge in [-0.15, -0.1) is 0 Å². The molecule has 0 amide bonds. The minimum Gasteiger partial charge on any atom is -0.303 e. The summed E-state index contributed by atoms with van der Waals surface area (Å²) < 4.78 is 0. The molecule has 0 aromatic carbocycles. The monoisotopic (exact) mass is 187 g/mol. The number of hydrogen-bond acceptors (Lipinski definition) is 4. The third-order valence-corrected chi connectivity index (χ3v) is 1.71. The van der Waals surface area contributed by atoms with E-state index in [9.17, 15) is 10.1 Å². The highest BCUT2D eigenvalue weighted by Gasteiger charge is 2.16. The van der Waals surface area contributed by atoms with E-state index in [1.807, 2.05) is 13.8 Å². The molecule has 1 atom stereocenters. The quantitative estimate of drug-likeness (QED) is 0.367. The van der Waals surface area contributed by atoms with Gasteiger partial charge in [-0.3, -0.25) is 10.1 Å². The average molecular weight is 187 g/mol. The zero-order chi connectivity index (χ0) is 10.4. The lowest BCUT2D eigenvalue weighted by Gasteiger charge is -2.12. The third-order valence-electron chi connectivity index (χ3n) is 1.71. The second-order valence-electron chi connectivity index (χ2n) is 3.53. The van der Waals surface area contributed by atoms with Crippen LogP contribution in [0.25, 0.3) is 0 Å². The van der Waals surface area contributed by atoms with E-state index in [-0.39, 0.29) is 23.3 Å². The first-order chi connectivity index (χ1) is 5.93. The Bertz CT molecular complexity index is 190. The van der Waals surface area contributed by atoms with Crippen molar-refractivity contribution in [3.63, 3.8) is 0 Å². The van der Waals surface area contributed by atoms with Crippen molar-refractivity contribution < 1.29 is 4.92 Å². The number of hydrazone groups is 1. The van der Waals surface area contributed by atoms with Gasteiger partial charge in [0, 0.05) is 25.2 Å². The van der Waals surface area contributed by atoms with Crippen molar-refractivity contribution in [1.29, 1.82) is 0 Å². The molecule has 0 aliphatic rings. The van der Waals surface area contributed by atoms with Gasteiger partial charge in [0.15, 0.2) is 0 Å². The molecule has 0 bridgehead atoms. The Morgan fingerprint density at radius 2 is 2.08 bits per heavy atom. The number of nitrogens with zero attached hydrogens (tertiary/aromatic N) is 3. The lowest BCUT2D eigenvalue weighted by molar-refractivity contribution is -0.485. The molecule has 1 unspecified atom stereocenters. The van der Waals surface area contributed by atoms with Gasteiger partial charge in [0.05, 0.1) is 5.92 Å². The molecule has 0 rings (SSSR count). The zero-order valence-electron chi connectivity index (χ0n) is 8.60. The Morgan fingerprint density at radius 1 is 1.54 bits per heavy atom. The van der Waals surface area contributed by atoms with E-state index >= 15 is 0 Å². The van der Waals surface area contributed by atoms with E-state index in [4.69, 9.17) is 0 Å². The van der Waals surface area contributed by atoms with Crippen LogP contribution in [0, 0.1) is 22.0 Å². The number of hydrogen-bond donors (Lipinski definition) is 0. The van der Waals surface area contributed by atoms with Gasteiger partial charge in [-0.25, -0.2) is 0 Å². The van der Waals surface area contributed by atoms with Crippen molar-refractivity contribution >= 4 is 6.21 Å². The van der Waals surface area contributed by atoms with Crippen LogP contribution in [0.1, 0.15) is 13.8 Å². The van der Waals surface area contributed by atoms with Crippen LogP contribution in [0.4, 0.5) is 0 Å². The highest BCUT2D eigenvalue weighted by molar-refractivity contribution is 5.60. The van der Waals surface area contributed by atoms with Crippen molar-refractivity contribution in [2.24, 2.45) is 16.9 Å². The molecular formula is C8H17N3O2. The predicted molar refractivity (Wildman–Crippen MR) is 52.4 cm³/mol. The Hall–Kier alpha value is -1.13. The third kappa shape index (κ3) is 6.07. The van der Waals surface area contributed by atoms with Crippen LogP contribution in [-0.2, 0) is 0 Å². The summed E-state index contributed by atoms with van der Waals surface area (Å²) in [5.74, 6) is 0.159. The van der Waals surface area contributed by atoms with Crippen LogP contribution in [0.15, 0.2) is 5.10 Å². The minimum atomic E-state index is -0.299. The molecule has 0 N–H and O–H groups in total. The van der Waals surface area contributed by atoms with Crippen molar-refractivity contribution in [2.75, 3.05) is 20.6 Å². The molecule has 0 saturated carbocycles. The maximum Gasteiger partial charge on any atom is 0.211 e. The van der Waals surface area contributed by atoms with Gasteiger partial charge < -0.3 is 5.01 Å². The van der Waals surface area contributed by atoms with Gasteiger partial charge in [0.25, 0.3) is 0 Å². The van der Waals surface area contributed by atoms with Gasteiger partial charge in [0.1, 0.15) is 0 Å². The van der Waals surface area contributed by atoms with E-state index < -0.39 is 0 Å². The summed E-state index contributed by atoms with van der Waals surface area (Å²) in [4.78, 5) is 9.99. The second kappa shape index (κ2) is 5.50. The summed E-state index contributed by atoms with van der Waals surface area (Å²) in [6.45, 7) is 3.86. The lowest BCUT2D eigenvalue weighted by atomic mass is 9.97. The molecule has 0 heterocycles. The van der Waals surface area contributed by atoms with E-state index in [1.54, 1.807) is 25.3 Å². The van der Waals surface area contributed by atoms with Crippen LogP contribution in [0.5, 0.6) is 0 Å². The van der Waals surface area contributed by atoms with Gasteiger partial charge in [-0.05, 0) is 5.92 Å². The zero-order valence-corrected chi connectivity index (χ0v) is 8.60. The molecule has 0 aliphatic heterocycles. The topological polar surface area (TPSA) is 58.7 Å². The first-order valence-electron chi connectivity index (χ1n) is 4.26. The summed E-state index contributed by atoms with van der Waals surface area (Å²) in [6.07, 6.45) is 1.65. The fourth-order valence-corrected chi connectivity index (χ4v) is 0.821. The molecule has 76 valence electrons. The van der Waals surface area contributed by atoms with Crippen molar-refractivity contribution in [2.45, 2.75) is 13.8 Å². The standard InChI is InChI=1S/C8H17N3O2/c1-7(2)8(6-11(12)13)5-9-10(3)4/h5,7-8H,6H2,1-4H3. The highest BCUT2D eigenvalue weighted by atomic mass is 16.6. The SMILES string of the molecule is CC(C)C(C=NN(C)C)C[N+](=O)[O-]. The first-order valence-corrected chi connectivity index (χ1v) is 4.26. The molecule has 0 aromatic heterocycles. The molecule has 0 aliphatic carbocycles. The summed E-state index contributed by atoms with van der Waals surface area (Å²) in [5, 5.41) is 15.9. The predicted octanol–water partition coefficient (Wildman–Crippen LogP) is 1.08. The van der Waals surface area contributed by atoms with Gasteiger partial charge in [-0.2, -0.15) is 5.10 Å². The number of nitro groups is 1. The van der Waals surface area contributed by atoms with Crippen molar-refractivity contribution in [3.05, 3.63) is 10.1 Å². The molecule has 0 radical (unpaired) electrons. The maximum atomic E-state index is 10.3. The molecule has 0 spiro atoms. The summed E-state index contributed by atoms with van der Waals surface area (Å²) in [7, 11) is 3.58. The van der Waals surface area contributed by atoms with Crippen LogP contribution in [0.3, 0.4) is 0 Å². The smallest absolute Gasteiger partial charge is 0.211 e. The van der Waals surface area contributed by atoms with E-state index in [0.29, 0.717) is 0 Å². The maximum absolute atomic E-state index is 10.3. The Kier molecular flexibility index (Phi) is 5.03. The Morgan fingerprint density at radius 3 is 2.38 bits per heavy atom. The average Bonchev–Trinajstić information content (AvgIpc) is 1.96. The molecule has 5 nitrogen and oxygen atoms in total. The summed E-state index contributed by atoms with van der Waals surface area (Å²) >= 11 is 0. The first kappa shape index (κ1) is 11.9. The molecule has 0 aromatic rings. The van der Waals surface area contributed by atoms with Crippen LogP contribution in [0.2, 0.25) is 0 Å². The Balaban J connectivity index is 4.18. The highest BCUT2D eigenvalue weighted by Crippen LogP contribution is 2.08. The van der Waals surface area contributed by atoms with Crippen molar-refractivity contribution in [1.82, 2.24) is 5.01 Å². The van der Waals surface area contributed by atoms with Crippen molar-refractivity contribution in [3.8, 4) is 0 Å². The van der Waals surface area contributed by atoms with Gasteiger partial charge in [-0.1, -0.05) is 13.8 Å². The van der Waals surface area contributed by atoms with Crippen LogP contribution in [-0.4, -0.2) is 36.8 Å². The molecule has 0 saturated heterocycles. The lowest BCUT2D eigenvalue weighted by Crippen LogP contribution is -2.22. The Labute approximate surface area is 78.6 Å². The fraction of sp³-hybridized carbons (Fsp3) is 0.875. The molecule has 5 heteroatoms. The van der Waals surface area contributed by atoms with Crippen LogP contribution >= 0.6 is 0 Å². The van der Waals surface area contributed by atoms with E-state index in [1.165, 1.54) is 0 Å².